The van der Waals surface area contributed by atoms with Gasteiger partial charge >= 0.3 is 0 Å². The molecule has 0 amide bonds. The van der Waals surface area contributed by atoms with Crippen LogP contribution >= 0.6 is 0 Å². The normalized spacial score (nSPS) is 13.3. The van der Waals surface area contributed by atoms with Gasteiger partial charge in [-0.2, -0.15) is 0 Å². The highest BCUT2D eigenvalue weighted by molar-refractivity contribution is 5.98. The van der Waals surface area contributed by atoms with Crippen molar-refractivity contribution in [1.29, 1.82) is 0 Å². The van der Waals surface area contributed by atoms with Crippen molar-refractivity contribution < 1.29 is 0 Å². The van der Waals surface area contributed by atoms with Gasteiger partial charge in [-0.25, -0.2) is 9.69 Å². The van der Waals surface area contributed by atoms with Gasteiger partial charge in [0, 0.05) is 16.9 Å². The minimum Gasteiger partial charge on any atom is -0.310 e. The second-order valence-electron chi connectivity index (χ2n) is 17.3. The highest BCUT2D eigenvalue weighted by Gasteiger charge is 2.49. The fourth-order valence-electron chi connectivity index (χ4n) is 11.3. The standard InChI is InChI=1S/C64H41N3/c1-65-50-35-31-48(32-36-50)63(49-33-37-51(66-2)38-34-49)58-26-15-13-24-56(58)62-59(63)27-16-28-61(62)67(52-39-29-45(30-40-52)44-17-6-3-7-18-44)53-41-42-55-54-23-12-14-25-57(54)64(60(55)43-53,46-19-8-4-9-20-46)47-21-10-5-11-22-47/h3-43H. The number of rotatable bonds is 8. The number of hydrogen-bond acceptors (Lipinski definition) is 1. The van der Waals surface area contributed by atoms with Crippen molar-refractivity contribution >= 4 is 28.4 Å². The van der Waals surface area contributed by atoms with Crippen molar-refractivity contribution in [3.63, 3.8) is 0 Å². The molecule has 2 aliphatic carbocycles. The Morgan fingerprint density at radius 1 is 0.313 bits per heavy atom. The molecule has 0 bridgehead atoms. The van der Waals surface area contributed by atoms with E-state index in [1.54, 1.807) is 0 Å². The summed E-state index contributed by atoms with van der Waals surface area (Å²) in [7, 11) is 0. The molecule has 0 atom stereocenters. The summed E-state index contributed by atoms with van der Waals surface area (Å²) < 4.78 is 0. The van der Waals surface area contributed by atoms with Gasteiger partial charge < -0.3 is 4.90 Å². The molecule has 0 N–H and O–H groups in total. The third-order valence-corrected chi connectivity index (χ3v) is 14.1. The van der Waals surface area contributed by atoms with Crippen molar-refractivity contribution in [2.45, 2.75) is 10.8 Å². The molecule has 0 fully saturated rings. The van der Waals surface area contributed by atoms with Crippen LogP contribution in [0.25, 0.3) is 43.1 Å². The van der Waals surface area contributed by atoms with Crippen LogP contribution in [0.2, 0.25) is 0 Å². The molecule has 0 heterocycles. The Morgan fingerprint density at radius 3 is 1.33 bits per heavy atom. The van der Waals surface area contributed by atoms with Crippen molar-refractivity contribution in [2.24, 2.45) is 0 Å². The van der Waals surface area contributed by atoms with Crippen LogP contribution in [0, 0.1) is 13.1 Å². The highest BCUT2D eigenvalue weighted by atomic mass is 15.1. The zero-order valence-electron chi connectivity index (χ0n) is 36.5. The van der Waals surface area contributed by atoms with Gasteiger partial charge in [0.05, 0.1) is 29.7 Å². The topological polar surface area (TPSA) is 12.0 Å². The van der Waals surface area contributed by atoms with Gasteiger partial charge in [-0.3, -0.25) is 0 Å². The van der Waals surface area contributed by atoms with Crippen LogP contribution in [-0.4, -0.2) is 0 Å². The average molecular weight is 852 g/mol. The summed E-state index contributed by atoms with van der Waals surface area (Å²) in [4.78, 5) is 10.00. The van der Waals surface area contributed by atoms with Gasteiger partial charge in [-0.1, -0.05) is 218 Å². The molecule has 0 radical (unpaired) electrons. The van der Waals surface area contributed by atoms with Gasteiger partial charge in [-0.15, -0.1) is 0 Å². The summed E-state index contributed by atoms with van der Waals surface area (Å²) >= 11 is 0. The van der Waals surface area contributed by atoms with E-state index in [9.17, 15) is 0 Å². The van der Waals surface area contributed by atoms with Gasteiger partial charge in [0.2, 0.25) is 0 Å². The SMILES string of the molecule is [C-]#[N+]c1ccc(C2(c3ccc([N+]#[C-])cc3)c3ccccc3-c3c(N(c4ccc(-c5ccccc5)cc4)c4ccc5c(c4)C(c4ccccc4)(c4ccccc4)c4ccccc4-5)cccc32)cc1. The summed E-state index contributed by atoms with van der Waals surface area (Å²) in [6.45, 7) is 15.6. The van der Waals surface area contributed by atoms with Gasteiger partial charge in [0.1, 0.15) is 0 Å². The van der Waals surface area contributed by atoms with Crippen LogP contribution in [0.5, 0.6) is 0 Å². The van der Waals surface area contributed by atoms with Crippen LogP contribution in [0.1, 0.15) is 44.5 Å². The fraction of sp³-hybridized carbons (Fsp3) is 0.0312. The molecular formula is C64H41N3. The van der Waals surface area contributed by atoms with Crippen LogP contribution < -0.4 is 4.90 Å². The quantitative estimate of drug-likeness (QED) is 0.139. The zero-order chi connectivity index (χ0) is 45.0. The maximum absolute atomic E-state index is 7.81. The van der Waals surface area contributed by atoms with E-state index in [-0.39, 0.29) is 0 Å². The molecule has 12 rings (SSSR count). The van der Waals surface area contributed by atoms with Crippen molar-refractivity contribution in [2.75, 3.05) is 4.90 Å². The number of hydrogen-bond donors (Lipinski definition) is 0. The lowest BCUT2D eigenvalue weighted by molar-refractivity contribution is 0.768. The summed E-state index contributed by atoms with van der Waals surface area (Å²) in [5.41, 5.74) is 19.4. The molecule has 0 saturated carbocycles. The Kier molecular flexibility index (Phi) is 9.39. The van der Waals surface area contributed by atoms with Crippen LogP contribution in [0.3, 0.4) is 0 Å². The Labute approximate surface area is 391 Å². The summed E-state index contributed by atoms with van der Waals surface area (Å²) in [5.74, 6) is 0. The van der Waals surface area contributed by atoms with E-state index in [1.165, 1.54) is 38.9 Å². The predicted octanol–water partition coefficient (Wildman–Crippen LogP) is 16.7. The highest BCUT2D eigenvalue weighted by Crippen LogP contribution is 2.61. The molecule has 2 aliphatic rings. The smallest absolute Gasteiger partial charge is 0.187 e. The molecule has 3 nitrogen and oxygen atoms in total. The first-order valence-electron chi connectivity index (χ1n) is 22.6. The van der Waals surface area contributed by atoms with E-state index >= 15 is 0 Å². The van der Waals surface area contributed by atoms with E-state index < -0.39 is 10.8 Å². The molecular weight excluding hydrogens is 811 g/mol. The average Bonchev–Trinajstić information content (AvgIpc) is 3.88. The number of fused-ring (bicyclic) bond motifs is 6. The molecule has 3 heteroatoms. The fourth-order valence-corrected chi connectivity index (χ4v) is 11.3. The van der Waals surface area contributed by atoms with Crippen molar-refractivity contribution in [1.82, 2.24) is 0 Å². The largest absolute Gasteiger partial charge is 0.310 e. The van der Waals surface area contributed by atoms with Gasteiger partial charge in [0.15, 0.2) is 11.4 Å². The van der Waals surface area contributed by atoms with E-state index in [0.29, 0.717) is 11.4 Å². The molecule has 0 aliphatic heterocycles. The molecule has 0 aromatic heterocycles. The second kappa shape index (κ2) is 15.9. The molecule has 312 valence electrons. The van der Waals surface area contributed by atoms with Crippen LogP contribution in [-0.2, 0) is 10.8 Å². The number of nitrogens with zero attached hydrogens (tertiary/aromatic N) is 3. The van der Waals surface area contributed by atoms with E-state index in [4.69, 9.17) is 13.1 Å². The summed E-state index contributed by atoms with van der Waals surface area (Å²) in [6, 6.07) is 89.2. The first-order valence-corrected chi connectivity index (χ1v) is 22.6. The number of benzene rings is 10. The van der Waals surface area contributed by atoms with Crippen molar-refractivity contribution in [3.8, 4) is 33.4 Å². The van der Waals surface area contributed by atoms with Gasteiger partial charge in [0.25, 0.3) is 0 Å². The minimum atomic E-state index is -0.749. The van der Waals surface area contributed by atoms with Crippen molar-refractivity contribution in [3.05, 3.63) is 316 Å². The van der Waals surface area contributed by atoms with Crippen LogP contribution in [0.4, 0.5) is 28.4 Å². The summed E-state index contributed by atoms with van der Waals surface area (Å²) in [5, 5.41) is 0. The molecule has 10 aromatic carbocycles. The second-order valence-corrected chi connectivity index (χ2v) is 17.3. The number of anilines is 3. The third-order valence-electron chi connectivity index (χ3n) is 14.1. The van der Waals surface area contributed by atoms with Gasteiger partial charge in [-0.05, 0) is 103 Å². The van der Waals surface area contributed by atoms with E-state index in [0.717, 1.165) is 56.0 Å². The maximum Gasteiger partial charge on any atom is 0.187 e. The first kappa shape index (κ1) is 39.6. The Hall–Kier alpha value is -9.02. The molecule has 0 saturated heterocycles. The maximum atomic E-state index is 7.81. The molecule has 0 spiro atoms. The Morgan fingerprint density at radius 2 is 0.746 bits per heavy atom. The predicted molar refractivity (Wildman–Crippen MR) is 274 cm³/mol. The minimum absolute atomic E-state index is 0.581. The lowest BCUT2D eigenvalue weighted by Crippen LogP contribution is -2.29. The monoisotopic (exact) mass is 851 g/mol. The lowest BCUT2D eigenvalue weighted by Gasteiger charge is -2.35. The lowest BCUT2D eigenvalue weighted by atomic mass is 9.67. The third kappa shape index (κ3) is 5.96. The Bertz CT molecular complexity index is 3470. The summed E-state index contributed by atoms with van der Waals surface area (Å²) in [6.07, 6.45) is 0. The van der Waals surface area contributed by atoms with E-state index in [1.807, 2.05) is 24.3 Å². The zero-order valence-corrected chi connectivity index (χ0v) is 36.5. The van der Waals surface area contributed by atoms with E-state index in [2.05, 4.69) is 239 Å². The first-order chi connectivity index (χ1) is 33.1. The molecule has 0 unspecified atom stereocenters. The molecule has 10 aromatic rings. The Balaban J connectivity index is 1.16. The van der Waals surface area contributed by atoms with Crippen LogP contribution in [0.15, 0.2) is 249 Å². The molecule has 67 heavy (non-hydrogen) atoms.